The maximum absolute atomic E-state index is 10.4. The van der Waals surface area contributed by atoms with Crippen molar-refractivity contribution in [2.24, 2.45) is 7.05 Å². The van der Waals surface area contributed by atoms with E-state index in [1.54, 1.807) is 6.07 Å². The number of hydrogen-bond acceptors (Lipinski definition) is 2. The minimum atomic E-state index is -0.971. The summed E-state index contributed by atoms with van der Waals surface area (Å²) in [5.74, 6) is -0.372. The average molecular weight is 205 g/mol. The van der Waals surface area contributed by atoms with Crippen LogP contribution in [0.4, 0.5) is 0 Å². The molecule has 15 heavy (non-hydrogen) atoms. The normalized spacial score (nSPS) is 10.5. The third-order valence-corrected chi connectivity index (χ3v) is 2.21. The highest BCUT2D eigenvalue weighted by Crippen LogP contribution is 2.25. The molecule has 0 amide bonds. The van der Waals surface area contributed by atoms with E-state index < -0.39 is 5.97 Å². The number of carboxylic acid groups (broad SMARTS) is 1. The third kappa shape index (κ3) is 1.79. The lowest BCUT2D eigenvalue weighted by molar-refractivity contribution is -0.139. The lowest BCUT2D eigenvalue weighted by Crippen LogP contribution is -2.09. The maximum atomic E-state index is 10.4. The van der Waals surface area contributed by atoms with Crippen molar-refractivity contribution in [1.29, 1.82) is 0 Å². The first-order chi connectivity index (χ1) is 7.18. The lowest BCUT2D eigenvalue weighted by Gasteiger charge is -2.06. The summed E-state index contributed by atoms with van der Waals surface area (Å²) in [5, 5.41) is 9.58. The third-order valence-electron chi connectivity index (χ3n) is 2.21. The molecule has 1 aromatic heterocycles. The molecule has 2 rings (SSSR count). The highest BCUT2D eigenvalue weighted by molar-refractivity contribution is 5.86. The van der Waals surface area contributed by atoms with Gasteiger partial charge in [0.05, 0.1) is 5.52 Å². The van der Waals surface area contributed by atoms with E-state index in [0.717, 1.165) is 10.9 Å². The fourth-order valence-corrected chi connectivity index (χ4v) is 1.57. The van der Waals surface area contributed by atoms with Crippen LogP contribution >= 0.6 is 0 Å². The van der Waals surface area contributed by atoms with Gasteiger partial charge in [0, 0.05) is 18.6 Å². The highest BCUT2D eigenvalue weighted by Gasteiger charge is 2.06. The second kappa shape index (κ2) is 3.65. The number of ether oxygens (including phenoxy) is 1. The summed E-state index contributed by atoms with van der Waals surface area (Å²) >= 11 is 0. The van der Waals surface area contributed by atoms with E-state index in [0.29, 0.717) is 5.75 Å². The predicted molar refractivity (Wildman–Crippen MR) is 56.0 cm³/mol. The first-order valence-corrected chi connectivity index (χ1v) is 4.57. The van der Waals surface area contributed by atoms with Gasteiger partial charge in [-0.05, 0) is 12.1 Å². The first-order valence-electron chi connectivity index (χ1n) is 4.57. The van der Waals surface area contributed by atoms with Crippen LogP contribution in [-0.2, 0) is 11.8 Å². The molecule has 0 bridgehead atoms. The molecule has 78 valence electrons. The standard InChI is InChI=1S/C11H11NO3/c1-12-6-5-8-3-2-4-9(11(8)12)15-7-10(13)14/h2-6H,7H2,1H3,(H,13,14). The molecule has 1 N–H and O–H groups in total. The maximum Gasteiger partial charge on any atom is 0.341 e. The van der Waals surface area contributed by atoms with E-state index in [4.69, 9.17) is 9.84 Å². The number of hydrogen-bond donors (Lipinski definition) is 1. The smallest absolute Gasteiger partial charge is 0.341 e. The van der Waals surface area contributed by atoms with E-state index in [-0.39, 0.29) is 6.61 Å². The lowest BCUT2D eigenvalue weighted by atomic mass is 10.2. The van der Waals surface area contributed by atoms with Crippen molar-refractivity contribution in [2.45, 2.75) is 0 Å². The Hall–Kier alpha value is -1.97. The van der Waals surface area contributed by atoms with Crippen molar-refractivity contribution in [3.05, 3.63) is 30.5 Å². The number of aryl methyl sites for hydroxylation is 1. The van der Waals surface area contributed by atoms with E-state index >= 15 is 0 Å². The molecule has 0 unspecified atom stereocenters. The van der Waals surface area contributed by atoms with Gasteiger partial charge in [0.25, 0.3) is 0 Å². The molecule has 4 heteroatoms. The monoisotopic (exact) mass is 205 g/mol. The Morgan fingerprint density at radius 1 is 1.47 bits per heavy atom. The summed E-state index contributed by atoms with van der Waals surface area (Å²) in [6.07, 6.45) is 1.91. The van der Waals surface area contributed by atoms with Gasteiger partial charge in [0.2, 0.25) is 0 Å². The molecule has 1 heterocycles. The molecule has 0 aliphatic carbocycles. The number of fused-ring (bicyclic) bond motifs is 1. The zero-order valence-electron chi connectivity index (χ0n) is 8.30. The molecule has 4 nitrogen and oxygen atoms in total. The van der Waals surface area contributed by atoms with Crippen molar-refractivity contribution >= 4 is 16.9 Å². The van der Waals surface area contributed by atoms with Crippen LogP contribution in [0.25, 0.3) is 10.9 Å². The second-order valence-electron chi connectivity index (χ2n) is 3.30. The molecule has 0 radical (unpaired) electrons. The number of aliphatic carboxylic acids is 1. The zero-order chi connectivity index (χ0) is 10.8. The van der Waals surface area contributed by atoms with Crippen LogP contribution < -0.4 is 4.74 Å². The van der Waals surface area contributed by atoms with E-state index in [1.807, 2.05) is 36.0 Å². The van der Waals surface area contributed by atoms with Gasteiger partial charge in [-0.15, -0.1) is 0 Å². The van der Waals surface area contributed by atoms with Crippen LogP contribution in [0.5, 0.6) is 5.75 Å². The Bertz CT molecular complexity index is 502. The molecule has 0 saturated carbocycles. The van der Waals surface area contributed by atoms with Crippen molar-refractivity contribution in [1.82, 2.24) is 4.57 Å². The highest BCUT2D eigenvalue weighted by atomic mass is 16.5. The van der Waals surface area contributed by atoms with Crippen LogP contribution in [-0.4, -0.2) is 22.2 Å². The summed E-state index contributed by atoms with van der Waals surface area (Å²) in [5.41, 5.74) is 0.916. The zero-order valence-corrected chi connectivity index (χ0v) is 8.30. The Balaban J connectivity index is 2.41. The van der Waals surface area contributed by atoms with E-state index in [2.05, 4.69) is 0 Å². The van der Waals surface area contributed by atoms with Crippen LogP contribution in [0.15, 0.2) is 30.5 Å². The predicted octanol–water partition coefficient (Wildman–Crippen LogP) is 1.64. The number of aromatic nitrogens is 1. The van der Waals surface area contributed by atoms with Gasteiger partial charge < -0.3 is 14.4 Å². The van der Waals surface area contributed by atoms with Crippen molar-refractivity contribution in [3.63, 3.8) is 0 Å². The van der Waals surface area contributed by atoms with E-state index in [1.165, 1.54) is 0 Å². The summed E-state index contributed by atoms with van der Waals surface area (Å²) in [4.78, 5) is 10.4. The number of nitrogens with zero attached hydrogens (tertiary/aromatic N) is 1. The minimum Gasteiger partial charge on any atom is -0.480 e. The van der Waals surface area contributed by atoms with Gasteiger partial charge in [-0.1, -0.05) is 12.1 Å². The van der Waals surface area contributed by atoms with Gasteiger partial charge in [-0.25, -0.2) is 4.79 Å². The fourth-order valence-electron chi connectivity index (χ4n) is 1.57. The van der Waals surface area contributed by atoms with Crippen LogP contribution in [0.2, 0.25) is 0 Å². The molecular formula is C11H11NO3. The van der Waals surface area contributed by atoms with E-state index in [9.17, 15) is 4.79 Å². The molecular weight excluding hydrogens is 194 g/mol. The van der Waals surface area contributed by atoms with Crippen molar-refractivity contribution < 1.29 is 14.6 Å². The summed E-state index contributed by atoms with van der Waals surface area (Å²) < 4.78 is 7.11. The van der Waals surface area contributed by atoms with Gasteiger partial charge in [-0.3, -0.25) is 0 Å². The Morgan fingerprint density at radius 2 is 2.27 bits per heavy atom. The molecule has 0 aliphatic rings. The van der Waals surface area contributed by atoms with Crippen molar-refractivity contribution in [2.75, 3.05) is 6.61 Å². The Morgan fingerprint density at radius 3 is 3.00 bits per heavy atom. The number of carbonyl (C=O) groups is 1. The number of rotatable bonds is 3. The molecule has 1 aromatic carbocycles. The first kappa shape index (κ1) is 9.58. The van der Waals surface area contributed by atoms with Gasteiger partial charge in [0.15, 0.2) is 6.61 Å². The molecule has 0 spiro atoms. The Labute approximate surface area is 86.7 Å². The number of carboxylic acids is 1. The topological polar surface area (TPSA) is 51.5 Å². The largest absolute Gasteiger partial charge is 0.480 e. The van der Waals surface area contributed by atoms with Gasteiger partial charge in [-0.2, -0.15) is 0 Å². The minimum absolute atomic E-state index is 0.315. The quantitative estimate of drug-likeness (QED) is 0.828. The molecule has 2 aromatic rings. The average Bonchev–Trinajstić information content (AvgIpc) is 2.58. The summed E-state index contributed by atoms with van der Waals surface area (Å²) in [6, 6.07) is 7.54. The fraction of sp³-hybridized carbons (Fsp3) is 0.182. The van der Waals surface area contributed by atoms with Crippen LogP contribution in [0.3, 0.4) is 0 Å². The van der Waals surface area contributed by atoms with Gasteiger partial charge in [0.1, 0.15) is 5.75 Å². The van der Waals surface area contributed by atoms with Gasteiger partial charge >= 0.3 is 5.97 Å². The molecule has 0 atom stereocenters. The van der Waals surface area contributed by atoms with Crippen LogP contribution in [0, 0.1) is 0 Å². The number of para-hydroxylation sites is 1. The summed E-state index contributed by atoms with van der Waals surface area (Å²) in [6.45, 7) is -0.315. The molecule has 0 aliphatic heterocycles. The van der Waals surface area contributed by atoms with Crippen molar-refractivity contribution in [3.8, 4) is 5.75 Å². The molecule has 0 saturated heterocycles. The number of benzene rings is 1. The molecule has 0 fully saturated rings. The Kier molecular flexibility index (Phi) is 2.33. The summed E-state index contributed by atoms with van der Waals surface area (Å²) in [7, 11) is 1.90. The van der Waals surface area contributed by atoms with Crippen LogP contribution in [0.1, 0.15) is 0 Å². The SMILES string of the molecule is Cn1ccc2cccc(OCC(=O)O)c21. The second-order valence-corrected chi connectivity index (χ2v) is 3.30.